The van der Waals surface area contributed by atoms with Gasteiger partial charge >= 0.3 is 6.23 Å². The average molecular weight is 262 g/mol. The van der Waals surface area contributed by atoms with Crippen LogP contribution in [-0.4, -0.2) is 11.2 Å². The van der Waals surface area contributed by atoms with Crippen molar-refractivity contribution < 1.29 is 9.66 Å². The summed E-state index contributed by atoms with van der Waals surface area (Å²) in [6, 6.07) is 8.33. The first kappa shape index (κ1) is 15.0. The van der Waals surface area contributed by atoms with E-state index in [1.807, 2.05) is 6.07 Å². The van der Waals surface area contributed by atoms with Crippen LogP contribution in [0.2, 0.25) is 0 Å². The van der Waals surface area contributed by atoms with Crippen LogP contribution in [0.5, 0.6) is 5.75 Å². The molecular formula is C14H18N2O3. The second-order valence-electron chi connectivity index (χ2n) is 4.34. The van der Waals surface area contributed by atoms with Crippen LogP contribution in [0.1, 0.15) is 44.6 Å². The lowest BCUT2D eigenvalue weighted by atomic mass is 10.1. The third kappa shape index (κ3) is 5.38. The zero-order valence-corrected chi connectivity index (χ0v) is 11.0. The van der Waals surface area contributed by atoms with E-state index >= 15 is 0 Å². The van der Waals surface area contributed by atoms with Gasteiger partial charge in [-0.15, -0.1) is 0 Å². The maximum atomic E-state index is 10.9. The maximum absolute atomic E-state index is 10.9. The highest BCUT2D eigenvalue weighted by atomic mass is 16.7. The van der Waals surface area contributed by atoms with E-state index in [1.54, 1.807) is 24.3 Å². The van der Waals surface area contributed by atoms with Crippen molar-refractivity contribution in [3.63, 3.8) is 0 Å². The van der Waals surface area contributed by atoms with Gasteiger partial charge in [0.1, 0.15) is 5.75 Å². The van der Waals surface area contributed by atoms with E-state index in [0.29, 0.717) is 17.7 Å². The van der Waals surface area contributed by atoms with E-state index in [4.69, 9.17) is 10.00 Å². The van der Waals surface area contributed by atoms with Gasteiger partial charge in [0, 0.05) is 0 Å². The SMILES string of the molecule is CCCCCC[C@@H](Oc1ccc(C#N)cc1)[N+](=O)[O-]. The molecule has 0 spiro atoms. The molecule has 1 rings (SSSR count). The largest absolute Gasteiger partial charge is 0.430 e. The van der Waals surface area contributed by atoms with Gasteiger partial charge < -0.3 is 4.74 Å². The van der Waals surface area contributed by atoms with Crippen molar-refractivity contribution in [3.05, 3.63) is 39.9 Å². The lowest BCUT2D eigenvalue weighted by Crippen LogP contribution is -2.26. The first-order valence-corrected chi connectivity index (χ1v) is 6.47. The van der Waals surface area contributed by atoms with Gasteiger partial charge in [0.2, 0.25) is 0 Å². The molecule has 0 unspecified atom stereocenters. The Kier molecular flexibility index (Phi) is 6.37. The Labute approximate surface area is 113 Å². The second kappa shape index (κ2) is 8.09. The summed E-state index contributed by atoms with van der Waals surface area (Å²) in [6.07, 6.45) is 3.35. The molecule has 102 valence electrons. The molecular weight excluding hydrogens is 244 g/mol. The summed E-state index contributed by atoms with van der Waals surface area (Å²) in [7, 11) is 0. The molecule has 0 saturated carbocycles. The number of nitro groups is 1. The maximum Gasteiger partial charge on any atom is 0.353 e. The number of benzene rings is 1. The van der Waals surface area contributed by atoms with Gasteiger partial charge in [0.25, 0.3) is 0 Å². The van der Waals surface area contributed by atoms with Crippen LogP contribution < -0.4 is 4.74 Å². The van der Waals surface area contributed by atoms with Crippen LogP contribution >= 0.6 is 0 Å². The summed E-state index contributed by atoms with van der Waals surface area (Å²) < 4.78 is 5.35. The number of rotatable bonds is 8. The molecule has 0 aliphatic carbocycles. The molecule has 0 aliphatic rings. The molecule has 0 fully saturated rings. The summed E-state index contributed by atoms with van der Waals surface area (Å²) >= 11 is 0. The quantitative estimate of drug-likeness (QED) is 0.311. The van der Waals surface area contributed by atoms with Gasteiger partial charge in [0.05, 0.1) is 23.0 Å². The lowest BCUT2D eigenvalue weighted by molar-refractivity contribution is -0.563. The molecule has 1 atom stereocenters. The van der Waals surface area contributed by atoms with E-state index in [-0.39, 0.29) is 0 Å². The normalized spacial score (nSPS) is 11.6. The van der Waals surface area contributed by atoms with Crippen molar-refractivity contribution in [2.75, 3.05) is 0 Å². The number of nitriles is 1. The van der Waals surface area contributed by atoms with Gasteiger partial charge in [-0.1, -0.05) is 26.2 Å². The summed E-state index contributed by atoms with van der Waals surface area (Å²) in [5.41, 5.74) is 0.507. The zero-order valence-electron chi connectivity index (χ0n) is 11.0. The van der Waals surface area contributed by atoms with Crippen molar-refractivity contribution in [2.45, 2.75) is 45.3 Å². The molecule has 0 bridgehead atoms. The van der Waals surface area contributed by atoms with Crippen LogP contribution in [0.15, 0.2) is 24.3 Å². The predicted molar refractivity (Wildman–Crippen MR) is 71.3 cm³/mol. The summed E-state index contributed by atoms with van der Waals surface area (Å²) in [5.74, 6) is 0.427. The van der Waals surface area contributed by atoms with Gasteiger partial charge in [-0.3, -0.25) is 10.1 Å². The van der Waals surface area contributed by atoms with Gasteiger partial charge in [-0.25, -0.2) is 0 Å². The standard InChI is InChI=1S/C14H18N2O3/c1-2-3-4-5-6-14(16(17)18)19-13-9-7-12(11-15)8-10-13/h7-10,14H,2-6H2,1H3/t14-/m1/s1. The molecule has 0 radical (unpaired) electrons. The molecule has 0 heterocycles. The fourth-order valence-corrected chi connectivity index (χ4v) is 1.72. The summed E-state index contributed by atoms with van der Waals surface area (Å²) in [6.45, 7) is 2.10. The molecule has 0 amide bonds. The van der Waals surface area contributed by atoms with Gasteiger partial charge in [0.15, 0.2) is 0 Å². The van der Waals surface area contributed by atoms with Crippen LogP contribution in [-0.2, 0) is 0 Å². The minimum Gasteiger partial charge on any atom is -0.430 e. The van der Waals surface area contributed by atoms with Crippen LogP contribution in [0.25, 0.3) is 0 Å². The fraction of sp³-hybridized carbons (Fsp3) is 0.500. The average Bonchev–Trinajstić information content (AvgIpc) is 2.42. The Balaban J connectivity index is 2.52. The Bertz CT molecular complexity index is 437. The summed E-state index contributed by atoms with van der Waals surface area (Å²) in [5, 5.41) is 19.6. The summed E-state index contributed by atoms with van der Waals surface area (Å²) in [4.78, 5) is 10.5. The molecule has 1 aromatic rings. The number of unbranched alkanes of at least 4 members (excludes halogenated alkanes) is 3. The van der Waals surface area contributed by atoms with Crippen molar-refractivity contribution in [2.24, 2.45) is 0 Å². The molecule has 5 nitrogen and oxygen atoms in total. The van der Waals surface area contributed by atoms with Crippen molar-refractivity contribution in [1.29, 1.82) is 5.26 Å². The highest BCUT2D eigenvalue weighted by Gasteiger charge is 2.21. The van der Waals surface area contributed by atoms with E-state index < -0.39 is 11.2 Å². The topological polar surface area (TPSA) is 76.2 Å². The third-order valence-electron chi connectivity index (χ3n) is 2.80. The second-order valence-corrected chi connectivity index (χ2v) is 4.34. The predicted octanol–water partition coefficient (Wildman–Crippen LogP) is 3.51. The van der Waals surface area contributed by atoms with Crippen LogP contribution in [0, 0.1) is 21.4 Å². The van der Waals surface area contributed by atoms with Crippen LogP contribution in [0.3, 0.4) is 0 Å². The monoisotopic (exact) mass is 262 g/mol. The van der Waals surface area contributed by atoms with Gasteiger partial charge in [-0.2, -0.15) is 5.26 Å². The third-order valence-corrected chi connectivity index (χ3v) is 2.80. The van der Waals surface area contributed by atoms with E-state index in [2.05, 4.69) is 6.92 Å². The van der Waals surface area contributed by atoms with Crippen molar-refractivity contribution in [1.82, 2.24) is 0 Å². The Morgan fingerprint density at radius 2 is 2.00 bits per heavy atom. The highest BCUT2D eigenvalue weighted by molar-refractivity contribution is 5.34. The minimum atomic E-state index is -1.01. The molecule has 19 heavy (non-hydrogen) atoms. The first-order chi connectivity index (χ1) is 9.17. The molecule has 0 aliphatic heterocycles. The molecule has 0 aromatic heterocycles. The van der Waals surface area contributed by atoms with Crippen LogP contribution in [0.4, 0.5) is 0 Å². The van der Waals surface area contributed by atoms with E-state index in [1.165, 1.54) is 0 Å². The van der Waals surface area contributed by atoms with Gasteiger partial charge in [-0.05, 0) is 30.7 Å². The number of hydrogen-bond acceptors (Lipinski definition) is 4. The number of nitrogens with zero attached hydrogens (tertiary/aromatic N) is 2. The Morgan fingerprint density at radius 3 is 2.53 bits per heavy atom. The highest BCUT2D eigenvalue weighted by Crippen LogP contribution is 2.16. The first-order valence-electron chi connectivity index (χ1n) is 6.47. The van der Waals surface area contributed by atoms with Crippen molar-refractivity contribution >= 4 is 0 Å². The Morgan fingerprint density at radius 1 is 1.32 bits per heavy atom. The molecule has 0 saturated heterocycles. The minimum absolute atomic E-state index is 0.399. The van der Waals surface area contributed by atoms with Crippen molar-refractivity contribution in [3.8, 4) is 11.8 Å². The smallest absolute Gasteiger partial charge is 0.353 e. The molecule has 1 aromatic carbocycles. The van der Waals surface area contributed by atoms with E-state index in [9.17, 15) is 10.1 Å². The molecule has 5 heteroatoms. The Hall–Kier alpha value is -2.09. The van der Waals surface area contributed by atoms with E-state index in [0.717, 1.165) is 25.7 Å². The molecule has 0 N–H and O–H groups in total. The zero-order chi connectivity index (χ0) is 14.1. The number of ether oxygens (including phenoxy) is 1. The number of hydrogen-bond donors (Lipinski definition) is 0. The lowest BCUT2D eigenvalue weighted by Gasteiger charge is -2.11. The fourth-order valence-electron chi connectivity index (χ4n) is 1.72.